The fourth-order valence-corrected chi connectivity index (χ4v) is 3.41. The van der Waals surface area contributed by atoms with Gasteiger partial charge in [0, 0.05) is 56.0 Å². The molecule has 0 atom stereocenters. The van der Waals surface area contributed by atoms with E-state index >= 15 is 0 Å². The molecule has 0 saturated carbocycles. The summed E-state index contributed by atoms with van der Waals surface area (Å²) >= 11 is 3.46. The van der Waals surface area contributed by atoms with E-state index in [0.29, 0.717) is 0 Å². The second-order valence-corrected chi connectivity index (χ2v) is 6.82. The summed E-state index contributed by atoms with van der Waals surface area (Å²) in [4.78, 5) is 16.9. The van der Waals surface area contributed by atoms with Gasteiger partial charge >= 0.3 is 0 Å². The van der Waals surface area contributed by atoms with E-state index in [4.69, 9.17) is 0 Å². The number of piperazine rings is 1. The van der Waals surface area contributed by atoms with Gasteiger partial charge in [0.1, 0.15) is 0 Å². The molecule has 1 saturated heterocycles. The smallest absolute Gasteiger partial charge is 0.255 e. The number of carbonyl (C=O) groups excluding carboxylic acids is 1. The van der Waals surface area contributed by atoms with Crippen molar-refractivity contribution in [2.45, 2.75) is 13.5 Å². The van der Waals surface area contributed by atoms with Crippen LogP contribution in [0.2, 0.25) is 0 Å². The van der Waals surface area contributed by atoms with E-state index < -0.39 is 0 Å². The Balaban J connectivity index is 1.59. The van der Waals surface area contributed by atoms with Gasteiger partial charge in [0.2, 0.25) is 0 Å². The SMILES string of the molecule is Cc1nn(C)cc1CN1CCN(C(=O)c2ccccc2Br)CC1. The molecule has 0 aliphatic carbocycles. The Labute approximate surface area is 145 Å². The molecule has 122 valence electrons. The molecule has 1 fully saturated rings. The molecule has 1 aromatic heterocycles. The number of rotatable bonds is 3. The van der Waals surface area contributed by atoms with Crippen LogP contribution in [0, 0.1) is 6.92 Å². The average molecular weight is 377 g/mol. The minimum Gasteiger partial charge on any atom is -0.336 e. The van der Waals surface area contributed by atoms with Crippen LogP contribution < -0.4 is 0 Å². The average Bonchev–Trinajstić information content (AvgIpc) is 2.85. The predicted molar refractivity (Wildman–Crippen MR) is 93.3 cm³/mol. The minimum absolute atomic E-state index is 0.106. The number of halogens is 1. The van der Waals surface area contributed by atoms with Crippen LogP contribution in [0.1, 0.15) is 21.6 Å². The topological polar surface area (TPSA) is 41.4 Å². The molecule has 3 rings (SSSR count). The van der Waals surface area contributed by atoms with Crippen LogP contribution in [-0.2, 0) is 13.6 Å². The molecule has 6 heteroatoms. The monoisotopic (exact) mass is 376 g/mol. The zero-order valence-electron chi connectivity index (χ0n) is 13.5. The summed E-state index contributed by atoms with van der Waals surface area (Å²) in [5, 5.41) is 4.39. The lowest BCUT2D eigenvalue weighted by Crippen LogP contribution is -2.48. The molecule has 1 aliphatic rings. The van der Waals surface area contributed by atoms with E-state index in [9.17, 15) is 4.79 Å². The molecule has 1 aliphatic heterocycles. The predicted octanol–water partition coefficient (Wildman–Crippen LogP) is 2.45. The van der Waals surface area contributed by atoms with Crippen molar-refractivity contribution in [3.05, 3.63) is 51.8 Å². The third-order valence-corrected chi connectivity index (χ3v) is 4.96. The number of amides is 1. The van der Waals surface area contributed by atoms with Crippen LogP contribution in [0.3, 0.4) is 0 Å². The molecule has 1 aromatic carbocycles. The van der Waals surface area contributed by atoms with Crippen LogP contribution in [-0.4, -0.2) is 51.7 Å². The second kappa shape index (κ2) is 6.84. The Morgan fingerprint density at radius 1 is 1.22 bits per heavy atom. The molecule has 2 aromatic rings. The number of hydrogen-bond acceptors (Lipinski definition) is 3. The summed E-state index contributed by atoms with van der Waals surface area (Å²) in [6.45, 7) is 6.26. The number of hydrogen-bond donors (Lipinski definition) is 0. The van der Waals surface area contributed by atoms with Crippen LogP contribution in [0.25, 0.3) is 0 Å². The molecular formula is C17H21BrN4O. The van der Waals surface area contributed by atoms with Crippen LogP contribution in [0.5, 0.6) is 0 Å². The van der Waals surface area contributed by atoms with Crippen molar-refractivity contribution in [1.82, 2.24) is 19.6 Å². The summed E-state index contributed by atoms with van der Waals surface area (Å²) in [6, 6.07) is 7.61. The second-order valence-electron chi connectivity index (χ2n) is 5.96. The first-order chi connectivity index (χ1) is 11.0. The summed E-state index contributed by atoms with van der Waals surface area (Å²) in [5.41, 5.74) is 3.08. The van der Waals surface area contributed by atoms with Crippen molar-refractivity contribution in [2.75, 3.05) is 26.2 Å². The number of carbonyl (C=O) groups is 1. The Morgan fingerprint density at radius 2 is 1.91 bits per heavy atom. The van der Waals surface area contributed by atoms with Gasteiger partial charge in [-0.25, -0.2) is 0 Å². The summed E-state index contributed by atoms with van der Waals surface area (Å²) < 4.78 is 2.72. The van der Waals surface area contributed by atoms with Crippen LogP contribution in [0.4, 0.5) is 0 Å². The third kappa shape index (κ3) is 3.64. The Hall–Kier alpha value is -1.66. The lowest BCUT2D eigenvalue weighted by molar-refractivity contribution is 0.0627. The number of aromatic nitrogens is 2. The van der Waals surface area contributed by atoms with Crippen LogP contribution in [0.15, 0.2) is 34.9 Å². The van der Waals surface area contributed by atoms with Crippen molar-refractivity contribution in [1.29, 1.82) is 0 Å². The largest absolute Gasteiger partial charge is 0.336 e. The van der Waals surface area contributed by atoms with Crippen molar-refractivity contribution in [3.63, 3.8) is 0 Å². The van der Waals surface area contributed by atoms with Crippen molar-refractivity contribution in [3.8, 4) is 0 Å². The summed E-state index contributed by atoms with van der Waals surface area (Å²) in [6.07, 6.45) is 2.08. The fourth-order valence-electron chi connectivity index (χ4n) is 2.96. The molecule has 0 bridgehead atoms. The molecule has 0 unspecified atom stereocenters. The highest BCUT2D eigenvalue weighted by Crippen LogP contribution is 2.19. The third-order valence-electron chi connectivity index (χ3n) is 4.27. The highest BCUT2D eigenvalue weighted by Gasteiger charge is 2.23. The lowest BCUT2D eigenvalue weighted by Gasteiger charge is -2.34. The van der Waals surface area contributed by atoms with Gasteiger partial charge < -0.3 is 4.90 Å². The highest BCUT2D eigenvalue weighted by atomic mass is 79.9. The highest BCUT2D eigenvalue weighted by molar-refractivity contribution is 9.10. The van der Waals surface area contributed by atoms with E-state index in [1.165, 1.54) is 5.56 Å². The summed E-state index contributed by atoms with van der Waals surface area (Å²) in [5.74, 6) is 0.106. The molecule has 5 nitrogen and oxygen atoms in total. The molecule has 2 heterocycles. The minimum atomic E-state index is 0.106. The first-order valence-corrected chi connectivity index (χ1v) is 8.59. The maximum absolute atomic E-state index is 12.6. The van der Waals surface area contributed by atoms with Gasteiger partial charge in [-0.3, -0.25) is 14.4 Å². The normalized spacial score (nSPS) is 15.9. The Kier molecular flexibility index (Phi) is 4.82. The Morgan fingerprint density at radius 3 is 2.52 bits per heavy atom. The number of nitrogens with zero attached hydrogens (tertiary/aromatic N) is 4. The maximum Gasteiger partial charge on any atom is 0.255 e. The zero-order chi connectivity index (χ0) is 16.4. The molecular weight excluding hydrogens is 356 g/mol. The van der Waals surface area contributed by atoms with Crippen molar-refractivity contribution >= 4 is 21.8 Å². The molecule has 0 radical (unpaired) electrons. The molecule has 0 spiro atoms. The van der Waals surface area contributed by atoms with Gasteiger partial charge in [-0.05, 0) is 35.0 Å². The standard InChI is InChI=1S/C17H21BrN4O/c1-13-14(11-20(2)19-13)12-21-7-9-22(10-8-21)17(23)15-5-3-4-6-16(15)18/h3-6,11H,7-10,12H2,1-2H3. The van der Waals surface area contributed by atoms with Gasteiger partial charge in [-0.1, -0.05) is 12.1 Å². The number of benzene rings is 1. The van der Waals surface area contributed by atoms with E-state index in [1.54, 1.807) is 0 Å². The first kappa shape index (κ1) is 16.2. The van der Waals surface area contributed by atoms with Gasteiger partial charge in [-0.2, -0.15) is 5.10 Å². The fraction of sp³-hybridized carbons (Fsp3) is 0.412. The quantitative estimate of drug-likeness (QED) is 0.825. The zero-order valence-corrected chi connectivity index (χ0v) is 15.1. The van der Waals surface area contributed by atoms with Crippen LogP contribution >= 0.6 is 15.9 Å². The van der Waals surface area contributed by atoms with Crippen molar-refractivity contribution in [2.24, 2.45) is 7.05 Å². The summed E-state index contributed by atoms with van der Waals surface area (Å²) in [7, 11) is 1.95. The van der Waals surface area contributed by atoms with E-state index in [-0.39, 0.29) is 5.91 Å². The van der Waals surface area contributed by atoms with E-state index in [1.807, 2.05) is 47.8 Å². The van der Waals surface area contributed by atoms with E-state index in [0.717, 1.165) is 48.5 Å². The van der Waals surface area contributed by atoms with E-state index in [2.05, 4.69) is 32.1 Å². The maximum atomic E-state index is 12.6. The number of aryl methyl sites for hydroxylation is 2. The molecule has 0 N–H and O–H groups in total. The van der Waals surface area contributed by atoms with Gasteiger partial charge in [0.25, 0.3) is 5.91 Å². The molecule has 1 amide bonds. The van der Waals surface area contributed by atoms with Gasteiger partial charge in [-0.15, -0.1) is 0 Å². The van der Waals surface area contributed by atoms with Crippen molar-refractivity contribution < 1.29 is 4.79 Å². The lowest BCUT2D eigenvalue weighted by atomic mass is 10.1. The Bertz CT molecular complexity index is 704. The van der Waals surface area contributed by atoms with Gasteiger partial charge in [0.15, 0.2) is 0 Å². The van der Waals surface area contributed by atoms with Gasteiger partial charge in [0.05, 0.1) is 11.3 Å². The first-order valence-electron chi connectivity index (χ1n) is 7.80. The molecule has 23 heavy (non-hydrogen) atoms.